The summed E-state index contributed by atoms with van der Waals surface area (Å²) in [6, 6.07) is 81.3. The van der Waals surface area contributed by atoms with Gasteiger partial charge >= 0.3 is 0 Å². The smallest absolute Gasteiger partial charge is 0.236 e. The molecule has 4 aliphatic carbocycles. The summed E-state index contributed by atoms with van der Waals surface area (Å²) < 4.78 is 5.65. The number of hydrogen-bond acceptors (Lipinski definition) is 16. The number of nitrogens with zero attached hydrogens (tertiary/aromatic N) is 5. The largest absolute Gasteiger partial charge is 0.371 e. The molecule has 0 spiro atoms. The minimum Gasteiger partial charge on any atom is -0.371 e. The maximum atomic E-state index is 12.9. The molecular weight excluding hydrogens is 1590 g/mol. The number of thioether (sulfide) groups is 1. The summed E-state index contributed by atoms with van der Waals surface area (Å²) in [7, 11) is 7.74. The number of anilines is 4. The van der Waals surface area contributed by atoms with E-state index in [1.165, 1.54) is 39.4 Å². The Bertz CT molecular complexity index is 4450. The number of carbonyl (C=O) groups excluding carboxylic acids is 4. The average Bonchev–Trinajstić information content (AvgIpc) is 1.62. The molecule has 4 aromatic heterocycles. The summed E-state index contributed by atoms with van der Waals surface area (Å²) in [4.78, 5) is 75.7. The van der Waals surface area contributed by atoms with Gasteiger partial charge in [0.05, 0.1) is 43.9 Å². The zero-order valence-corrected chi connectivity index (χ0v) is 79.3. The Hall–Kier alpha value is -9.61. The molecule has 4 heterocycles. The number of ether oxygens (including phenoxy) is 1. The number of rotatable bonds is 24. The van der Waals surface area contributed by atoms with E-state index in [9.17, 15) is 19.2 Å². The number of benzene rings is 8. The van der Waals surface area contributed by atoms with Gasteiger partial charge in [-0.05, 0) is 123 Å². The Morgan fingerprint density at radius 1 is 0.339 bits per heavy atom. The molecule has 0 aliphatic heterocycles. The molecule has 4 aliphatic rings. The van der Waals surface area contributed by atoms with Gasteiger partial charge in [0.2, 0.25) is 23.6 Å². The minimum absolute atomic E-state index is 0.0262. The topological polar surface area (TPSA) is 192 Å². The van der Waals surface area contributed by atoms with Crippen molar-refractivity contribution in [2.45, 2.75) is 207 Å². The van der Waals surface area contributed by atoms with E-state index in [2.05, 4.69) is 120 Å². The predicted octanol–water partition coefficient (Wildman–Crippen LogP) is 26.6. The van der Waals surface area contributed by atoms with Crippen LogP contribution < -0.4 is 26.6 Å². The molecule has 4 unspecified atom stereocenters. The molecule has 121 heavy (non-hydrogen) atoms. The molecule has 4 atom stereocenters. The number of hydrogen-bond donors (Lipinski definition) is 5. The van der Waals surface area contributed by atoms with Crippen LogP contribution in [-0.2, 0) is 45.6 Å². The normalized spacial score (nSPS) is 14.3. The summed E-state index contributed by atoms with van der Waals surface area (Å²) in [5.41, 5.74) is 7.55. The van der Waals surface area contributed by atoms with Crippen LogP contribution in [0.15, 0.2) is 267 Å². The number of amides is 4. The van der Waals surface area contributed by atoms with Crippen molar-refractivity contribution in [3.8, 4) is 0 Å². The van der Waals surface area contributed by atoms with Crippen LogP contribution in [0, 0.1) is 0 Å². The second-order valence-electron chi connectivity index (χ2n) is 26.8. The molecule has 16 rings (SSSR count). The van der Waals surface area contributed by atoms with Crippen LogP contribution in [0.1, 0.15) is 250 Å². The Labute approximate surface area is 744 Å². The summed E-state index contributed by atoms with van der Waals surface area (Å²) in [5.74, 6) is 0.185. The first-order valence-electron chi connectivity index (χ1n) is 43.2. The third kappa shape index (κ3) is 27.7. The second-order valence-corrected chi connectivity index (χ2v) is 32.0. The lowest BCUT2D eigenvalue weighted by Gasteiger charge is -2.23. The fourth-order valence-electron chi connectivity index (χ4n) is 13.4. The first kappa shape index (κ1) is 102. The van der Waals surface area contributed by atoms with E-state index in [1.54, 1.807) is 47.7 Å². The van der Waals surface area contributed by atoms with Gasteiger partial charge in [0.1, 0.15) is 6.10 Å². The zero-order chi connectivity index (χ0) is 88.8. The zero-order valence-electron chi connectivity index (χ0n) is 75.2. The lowest BCUT2D eigenvalue weighted by atomic mass is 9.95. The van der Waals surface area contributed by atoms with E-state index in [4.69, 9.17) is 4.74 Å². The van der Waals surface area contributed by atoms with Crippen molar-refractivity contribution in [3.63, 3.8) is 0 Å². The minimum atomic E-state index is -0.396. The van der Waals surface area contributed by atoms with Crippen molar-refractivity contribution >= 4 is 101 Å². The predicted molar refractivity (Wildman–Crippen MR) is 520 cm³/mol. The molecule has 4 fully saturated rings. The van der Waals surface area contributed by atoms with Crippen LogP contribution in [0.3, 0.4) is 0 Å². The Morgan fingerprint density at radius 2 is 0.579 bits per heavy atom. The molecule has 4 saturated carbocycles. The third-order valence-electron chi connectivity index (χ3n) is 19.8. The van der Waals surface area contributed by atoms with Crippen LogP contribution in [0.4, 0.5) is 20.5 Å². The van der Waals surface area contributed by atoms with Crippen LogP contribution >= 0.6 is 57.1 Å². The second kappa shape index (κ2) is 54.0. The number of aromatic nitrogens is 4. The molecule has 0 saturated heterocycles. The Morgan fingerprint density at radius 3 is 0.860 bits per heavy atom. The van der Waals surface area contributed by atoms with E-state index in [1.807, 2.05) is 331 Å². The molecule has 0 radical (unpaired) electrons. The number of carbonyl (C=O) groups is 4. The van der Waals surface area contributed by atoms with Crippen molar-refractivity contribution in [1.82, 2.24) is 30.2 Å². The van der Waals surface area contributed by atoms with Gasteiger partial charge in [-0.3, -0.25) is 24.1 Å². The van der Waals surface area contributed by atoms with Crippen molar-refractivity contribution in [2.75, 3.05) is 55.8 Å². The van der Waals surface area contributed by atoms with Gasteiger partial charge < -0.3 is 31.3 Å². The highest BCUT2D eigenvalue weighted by atomic mass is 32.2. The highest BCUT2D eigenvalue weighted by molar-refractivity contribution is 7.99. The molecule has 15 nitrogen and oxygen atoms in total. The molecular formula is C101H132N10O5S5. The Kier molecular flexibility index (Phi) is 45.5. The van der Waals surface area contributed by atoms with E-state index in [0.29, 0.717) is 20.5 Å². The maximum absolute atomic E-state index is 12.9. The summed E-state index contributed by atoms with van der Waals surface area (Å²) in [6.45, 7) is 32.0. The first-order valence-corrected chi connectivity index (χ1v) is 47.7. The van der Waals surface area contributed by atoms with Crippen molar-refractivity contribution in [2.24, 2.45) is 0 Å². The number of nitrogens with one attached hydrogen (secondary N) is 5. The Balaban J connectivity index is 0.000000271. The molecule has 646 valence electrons. The van der Waals surface area contributed by atoms with Gasteiger partial charge in [0, 0.05) is 46.5 Å². The van der Waals surface area contributed by atoms with Crippen molar-refractivity contribution in [3.05, 3.63) is 331 Å². The number of thiazole rings is 4. The first-order chi connectivity index (χ1) is 59.3. The van der Waals surface area contributed by atoms with E-state index in [-0.39, 0.29) is 63.3 Å². The summed E-state index contributed by atoms with van der Waals surface area (Å²) >= 11 is 7.87. The quantitative estimate of drug-likeness (QED) is 0.0385. The lowest BCUT2D eigenvalue weighted by Crippen LogP contribution is -2.27. The summed E-state index contributed by atoms with van der Waals surface area (Å²) in [5, 5.41) is 18.3. The van der Waals surface area contributed by atoms with Gasteiger partial charge in [0.25, 0.3) is 0 Å². The number of methoxy groups -OCH3 is 1. The van der Waals surface area contributed by atoms with E-state index in [0.717, 1.165) is 98.7 Å². The molecule has 4 amide bonds. The third-order valence-corrected chi connectivity index (χ3v) is 24.8. The molecule has 12 aromatic rings. The fraction of sp³-hybridized carbons (Fsp3) is 0.366. The maximum Gasteiger partial charge on any atom is 0.236 e. The van der Waals surface area contributed by atoms with Crippen molar-refractivity contribution < 1.29 is 23.9 Å². The monoisotopic (exact) mass is 1720 g/mol. The van der Waals surface area contributed by atoms with Gasteiger partial charge in [-0.1, -0.05) is 387 Å². The van der Waals surface area contributed by atoms with Crippen LogP contribution in [0.25, 0.3) is 0 Å². The van der Waals surface area contributed by atoms with Crippen LogP contribution in [0.2, 0.25) is 0 Å². The SMILES string of the molecule is CC.CC.CC.CC.CC.CC.CC.CC.CN(C)C(c1ccccc1)c1cnc(NC(=O)C2(c3ccccc3)CC2)s1.CNC(c1ccccc1)c1cnc(NC(=O)C2(c3ccccc3)CC2)s1.COC(c1ccccc1)c1cnc(NC(=O)C2(c3ccccc3)CC2)s1.CSC(c1ccccc1)c1cnc(NC(=O)C2(c3ccccc3)CC2)s1. The van der Waals surface area contributed by atoms with E-state index >= 15 is 0 Å². The van der Waals surface area contributed by atoms with Gasteiger partial charge in [-0.2, -0.15) is 11.8 Å². The van der Waals surface area contributed by atoms with Crippen LogP contribution in [-0.4, -0.2) is 83.0 Å². The standard InChI is InChI=1S/C22H23N3OS.C21H21N3OS.C21H20N2O2S.C21H20N2OS2.8C2H6/c1-25(2)19(16-9-5-3-6-10-16)18-15-23-21(27-18)24-20(26)22(13-14-22)17-11-7-4-8-12-17;1-22-18(15-8-4-2-5-9-15)17-14-23-20(26-17)24-19(25)21(12-13-21)16-10-6-3-7-11-16;2*1-25-18(15-8-4-2-5-9-15)17-14-22-20(26-17)23-19(24)21(12-13-21)16-10-6-3-7-11-16;8*1-2/h3-12,15,19H,13-14H2,1-2H3,(H,23,24,26);2-11,14,18,22H,12-13H2,1H3,(H,23,24,25);2*2-11,14,18H,12-13H2,1H3,(H,22,23,24);8*1-2H3. The highest BCUT2D eigenvalue weighted by Crippen LogP contribution is 2.53. The molecule has 8 aromatic carbocycles. The van der Waals surface area contributed by atoms with E-state index < -0.39 is 5.41 Å². The van der Waals surface area contributed by atoms with Gasteiger partial charge in [-0.15, -0.1) is 11.3 Å². The molecule has 5 N–H and O–H groups in total. The van der Waals surface area contributed by atoms with Crippen LogP contribution in [0.5, 0.6) is 0 Å². The highest BCUT2D eigenvalue weighted by Gasteiger charge is 2.54. The lowest BCUT2D eigenvalue weighted by molar-refractivity contribution is -0.119. The fourth-order valence-corrected chi connectivity index (χ4v) is 18.3. The summed E-state index contributed by atoms with van der Waals surface area (Å²) in [6.07, 6.45) is 16.4. The van der Waals surface area contributed by atoms with Gasteiger partial charge in [-0.25, -0.2) is 19.9 Å². The molecule has 0 bridgehead atoms. The average molecular weight is 1730 g/mol. The van der Waals surface area contributed by atoms with Crippen molar-refractivity contribution in [1.29, 1.82) is 0 Å². The van der Waals surface area contributed by atoms with Gasteiger partial charge in [0.15, 0.2) is 20.5 Å². The molecule has 20 heteroatoms.